The summed E-state index contributed by atoms with van der Waals surface area (Å²) in [6.45, 7) is 4.67. The highest BCUT2D eigenvalue weighted by Crippen LogP contribution is 2.13. The molecule has 0 saturated carbocycles. The first-order valence-electron chi connectivity index (χ1n) is 5.78. The molecule has 1 aromatic heterocycles. The van der Waals surface area contributed by atoms with Crippen molar-refractivity contribution in [3.05, 3.63) is 17.9 Å². The maximum absolute atomic E-state index is 11.4. The molecular formula is C11H20N2O4S. The Balaban J connectivity index is 2.51. The van der Waals surface area contributed by atoms with Crippen LogP contribution in [0.2, 0.25) is 0 Å². The van der Waals surface area contributed by atoms with E-state index in [1.165, 1.54) is 13.1 Å². The molecule has 104 valence electrons. The van der Waals surface area contributed by atoms with Crippen LogP contribution in [0.4, 0.5) is 0 Å². The van der Waals surface area contributed by atoms with Crippen LogP contribution in [0.25, 0.3) is 0 Å². The van der Waals surface area contributed by atoms with E-state index in [-0.39, 0.29) is 11.0 Å². The van der Waals surface area contributed by atoms with Crippen LogP contribution in [-0.4, -0.2) is 33.2 Å². The number of rotatable bonds is 7. The topological polar surface area (TPSA) is 91.6 Å². The standard InChI is InChI=1S/C11H20N2O4S/c1-8(2)10(14)7-13-6-9-4-5-11(17-9)18(15,16)12-3/h4-5,8,10,12-14H,6-7H2,1-3H3. The number of furan rings is 1. The SMILES string of the molecule is CNS(=O)(=O)c1ccc(CNCC(O)C(C)C)o1. The molecule has 1 rings (SSSR count). The molecule has 0 aliphatic heterocycles. The van der Waals surface area contributed by atoms with Gasteiger partial charge in [-0.2, -0.15) is 0 Å². The van der Waals surface area contributed by atoms with Gasteiger partial charge in [0.2, 0.25) is 5.09 Å². The van der Waals surface area contributed by atoms with Crippen molar-refractivity contribution in [1.29, 1.82) is 0 Å². The Morgan fingerprint density at radius 1 is 1.39 bits per heavy atom. The maximum atomic E-state index is 11.4. The number of aliphatic hydroxyl groups is 1. The fourth-order valence-corrected chi connectivity index (χ4v) is 1.94. The van der Waals surface area contributed by atoms with E-state index in [1.807, 2.05) is 13.8 Å². The summed E-state index contributed by atoms with van der Waals surface area (Å²) in [6.07, 6.45) is -0.430. The summed E-state index contributed by atoms with van der Waals surface area (Å²) >= 11 is 0. The van der Waals surface area contributed by atoms with E-state index in [4.69, 9.17) is 4.42 Å². The van der Waals surface area contributed by atoms with Gasteiger partial charge >= 0.3 is 0 Å². The summed E-state index contributed by atoms with van der Waals surface area (Å²) in [6, 6.07) is 3.00. The van der Waals surface area contributed by atoms with Gasteiger partial charge < -0.3 is 14.8 Å². The van der Waals surface area contributed by atoms with Crippen LogP contribution in [0.3, 0.4) is 0 Å². The fourth-order valence-electron chi connectivity index (χ4n) is 1.28. The number of hydrogen-bond acceptors (Lipinski definition) is 5. The molecule has 0 aromatic carbocycles. The first kappa shape index (κ1) is 15.2. The minimum absolute atomic E-state index is 0.105. The average Bonchev–Trinajstić information content (AvgIpc) is 2.78. The Hall–Kier alpha value is -0.890. The van der Waals surface area contributed by atoms with Crippen molar-refractivity contribution >= 4 is 10.0 Å². The molecule has 0 bridgehead atoms. The van der Waals surface area contributed by atoms with E-state index < -0.39 is 16.1 Å². The smallest absolute Gasteiger partial charge is 0.273 e. The molecule has 0 amide bonds. The molecule has 1 aromatic rings. The first-order chi connectivity index (χ1) is 8.36. The van der Waals surface area contributed by atoms with Gasteiger partial charge in [-0.15, -0.1) is 0 Å². The zero-order valence-corrected chi connectivity index (χ0v) is 11.6. The van der Waals surface area contributed by atoms with Gasteiger partial charge in [0, 0.05) is 6.54 Å². The van der Waals surface area contributed by atoms with Crippen LogP contribution in [0.5, 0.6) is 0 Å². The Kier molecular flexibility index (Phi) is 5.33. The molecule has 0 fully saturated rings. The molecule has 1 atom stereocenters. The lowest BCUT2D eigenvalue weighted by Crippen LogP contribution is -2.30. The summed E-state index contributed by atoms with van der Waals surface area (Å²) in [7, 11) is -2.20. The summed E-state index contributed by atoms with van der Waals surface area (Å²) < 4.78 is 30.2. The zero-order valence-electron chi connectivity index (χ0n) is 10.8. The molecule has 3 N–H and O–H groups in total. The van der Waals surface area contributed by atoms with Gasteiger partial charge in [0.25, 0.3) is 10.0 Å². The molecule has 0 radical (unpaired) electrons. The number of sulfonamides is 1. The first-order valence-corrected chi connectivity index (χ1v) is 7.26. The van der Waals surface area contributed by atoms with Gasteiger partial charge in [-0.3, -0.25) is 0 Å². The second kappa shape index (κ2) is 6.33. The van der Waals surface area contributed by atoms with Crippen LogP contribution in [0, 0.1) is 5.92 Å². The lowest BCUT2D eigenvalue weighted by Gasteiger charge is -2.14. The Morgan fingerprint density at radius 3 is 2.61 bits per heavy atom. The highest BCUT2D eigenvalue weighted by molar-refractivity contribution is 7.89. The summed E-state index contributed by atoms with van der Waals surface area (Å²) in [5, 5.41) is 12.5. The third kappa shape index (κ3) is 4.09. The third-order valence-corrected chi connectivity index (χ3v) is 3.88. The predicted octanol–water partition coefficient (Wildman–Crippen LogP) is 0.294. The fraction of sp³-hybridized carbons (Fsp3) is 0.636. The van der Waals surface area contributed by atoms with Crippen molar-refractivity contribution in [3.63, 3.8) is 0 Å². The van der Waals surface area contributed by atoms with Gasteiger partial charge in [0.1, 0.15) is 5.76 Å². The molecule has 0 saturated heterocycles. The summed E-state index contributed by atoms with van der Waals surface area (Å²) in [4.78, 5) is 0. The van der Waals surface area contributed by atoms with Crippen molar-refractivity contribution in [2.75, 3.05) is 13.6 Å². The van der Waals surface area contributed by atoms with Crippen LogP contribution in [-0.2, 0) is 16.6 Å². The van der Waals surface area contributed by atoms with E-state index in [0.29, 0.717) is 18.8 Å². The molecule has 6 nitrogen and oxygen atoms in total. The Morgan fingerprint density at radius 2 is 2.06 bits per heavy atom. The van der Waals surface area contributed by atoms with Crippen LogP contribution in [0.15, 0.2) is 21.6 Å². The van der Waals surface area contributed by atoms with E-state index in [0.717, 1.165) is 0 Å². The van der Waals surface area contributed by atoms with Crippen molar-refractivity contribution < 1.29 is 17.9 Å². The zero-order chi connectivity index (χ0) is 13.8. The molecule has 0 aliphatic carbocycles. The maximum Gasteiger partial charge on any atom is 0.273 e. The normalized spacial score (nSPS) is 14.1. The molecule has 0 spiro atoms. The van der Waals surface area contributed by atoms with Crippen LogP contribution < -0.4 is 10.0 Å². The third-order valence-electron chi connectivity index (χ3n) is 2.59. The predicted molar refractivity (Wildman–Crippen MR) is 67.5 cm³/mol. The van der Waals surface area contributed by atoms with Crippen molar-refractivity contribution in [1.82, 2.24) is 10.0 Å². The quantitative estimate of drug-likeness (QED) is 0.666. The molecule has 0 aliphatic rings. The van der Waals surface area contributed by atoms with Gasteiger partial charge in [-0.1, -0.05) is 13.8 Å². The summed E-state index contributed by atoms with van der Waals surface area (Å²) in [5.74, 6) is 0.689. The minimum Gasteiger partial charge on any atom is -0.447 e. The van der Waals surface area contributed by atoms with Gasteiger partial charge in [-0.05, 0) is 25.1 Å². The second-order valence-electron chi connectivity index (χ2n) is 4.37. The number of hydrogen-bond donors (Lipinski definition) is 3. The number of aliphatic hydroxyl groups excluding tert-OH is 1. The Labute approximate surface area is 107 Å². The van der Waals surface area contributed by atoms with Crippen molar-refractivity contribution in [2.24, 2.45) is 5.92 Å². The lowest BCUT2D eigenvalue weighted by atomic mass is 10.1. The molecule has 1 heterocycles. The molecule has 18 heavy (non-hydrogen) atoms. The van der Waals surface area contributed by atoms with E-state index in [1.54, 1.807) is 6.07 Å². The van der Waals surface area contributed by atoms with Crippen molar-refractivity contribution in [2.45, 2.75) is 31.6 Å². The van der Waals surface area contributed by atoms with E-state index in [2.05, 4.69) is 10.0 Å². The van der Waals surface area contributed by atoms with Gasteiger partial charge in [-0.25, -0.2) is 13.1 Å². The van der Waals surface area contributed by atoms with Gasteiger partial charge in [0.05, 0.1) is 12.6 Å². The molecule has 7 heteroatoms. The van der Waals surface area contributed by atoms with Crippen LogP contribution in [0.1, 0.15) is 19.6 Å². The monoisotopic (exact) mass is 276 g/mol. The number of nitrogens with one attached hydrogen (secondary N) is 2. The highest BCUT2D eigenvalue weighted by Gasteiger charge is 2.16. The second-order valence-corrected chi connectivity index (χ2v) is 6.19. The average molecular weight is 276 g/mol. The molecular weight excluding hydrogens is 256 g/mol. The van der Waals surface area contributed by atoms with Crippen LogP contribution >= 0.6 is 0 Å². The minimum atomic E-state index is -3.53. The summed E-state index contributed by atoms with van der Waals surface area (Å²) in [5.41, 5.74) is 0. The largest absolute Gasteiger partial charge is 0.447 e. The van der Waals surface area contributed by atoms with Crippen molar-refractivity contribution in [3.8, 4) is 0 Å². The molecule has 1 unspecified atom stereocenters. The van der Waals surface area contributed by atoms with E-state index in [9.17, 15) is 13.5 Å². The highest BCUT2D eigenvalue weighted by atomic mass is 32.2. The Bertz CT molecular complexity index is 467. The lowest BCUT2D eigenvalue weighted by molar-refractivity contribution is 0.122. The van der Waals surface area contributed by atoms with Gasteiger partial charge in [0.15, 0.2) is 0 Å². The van der Waals surface area contributed by atoms with E-state index >= 15 is 0 Å².